The molecule has 1 spiro atoms. The lowest BCUT2D eigenvalue weighted by Crippen LogP contribution is -2.48. The molecule has 178 valence electrons. The third-order valence-electron chi connectivity index (χ3n) is 5.69. The molecule has 0 saturated heterocycles. The standard InChI is InChI=1S/C25H28N4O4S/c1-5-6-13-33-20-10-8-19(9-11-20)15-28-22-12-7-16(2)14-21(22)25(23(28)32)29(18(4)31)27-24(34-25)26-17(3)30/h7-12,14H,5-6,13,15H2,1-4H3,(H,26,27,30). The number of hydrazone groups is 1. The molecule has 1 atom stereocenters. The van der Waals surface area contributed by atoms with E-state index < -0.39 is 4.87 Å². The van der Waals surface area contributed by atoms with Crippen molar-refractivity contribution in [3.8, 4) is 5.75 Å². The highest BCUT2D eigenvalue weighted by Gasteiger charge is 2.61. The van der Waals surface area contributed by atoms with E-state index in [2.05, 4.69) is 17.3 Å². The van der Waals surface area contributed by atoms with Crippen LogP contribution in [0.25, 0.3) is 0 Å². The van der Waals surface area contributed by atoms with Crippen LogP contribution >= 0.6 is 11.8 Å². The number of unbranched alkanes of at least 4 members (excludes halogenated alkanes) is 1. The van der Waals surface area contributed by atoms with Crippen LogP contribution in [-0.2, 0) is 25.8 Å². The number of nitrogens with zero attached hydrogens (tertiary/aromatic N) is 3. The number of fused-ring (bicyclic) bond motifs is 2. The molecule has 3 amide bonds. The Hall–Kier alpha value is -3.33. The fourth-order valence-corrected chi connectivity index (χ4v) is 5.41. The number of hydrogen-bond acceptors (Lipinski definition) is 6. The maximum Gasteiger partial charge on any atom is 0.271 e. The van der Waals surface area contributed by atoms with Gasteiger partial charge in [-0.2, -0.15) is 5.01 Å². The lowest BCUT2D eigenvalue weighted by Gasteiger charge is -2.29. The minimum absolute atomic E-state index is 0.221. The van der Waals surface area contributed by atoms with E-state index in [9.17, 15) is 14.4 Å². The van der Waals surface area contributed by atoms with Crippen LogP contribution in [0, 0.1) is 6.92 Å². The summed E-state index contributed by atoms with van der Waals surface area (Å²) in [5, 5.41) is 8.34. The number of nitrogens with one attached hydrogen (secondary N) is 1. The Bertz CT molecular complexity index is 1160. The number of amides is 3. The first-order valence-corrected chi connectivity index (χ1v) is 12.1. The van der Waals surface area contributed by atoms with Gasteiger partial charge in [-0.1, -0.05) is 43.2 Å². The molecule has 0 aliphatic carbocycles. The number of aryl methyl sites for hydroxylation is 1. The van der Waals surface area contributed by atoms with Gasteiger partial charge in [0.25, 0.3) is 5.91 Å². The zero-order valence-electron chi connectivity index (χ0n) is 19.8. The first kappa shape index (κ1) is 23.8. The monoisotopic (exact) mass is 480 g/mol. The summed E-state index contributed by atoms with van der Waals surface area (Å²) in [6.45, 7) is 7.78. The van der Waals surface area contributed by atoms with Crippen molar-refractivity contribution in [3.05, 3.63) is 59.2 Å². The van der Waals surface area contributed by atoms with Crippen LogP contribution < -0.4 is 15.0 Å². The molecule has 0 bridgehead atoms. The molecular formula is C25H28N4O4S. The quantitative estimate of drug-likeness (QED) is 0.634. The summed E-state index contributed by atoms with van der Waals surface area (Å²) >= 11 is 1.08. The topological polar surface area (TPSA) is 91.3 Å². The van der Waals surface area contributed by atoms with Gasteiger partial charge in [0.1, 0.15) is 5.75 Å². The third kappa shape index (κ3) is 4.27. The van der Waals surface area contributed by atoms with Crippen LogP contribution in [0.15, 0.2) is 47.6 Å². The fraction of sp³-hybridized carbons (Fsp3) is 0.360. The Kier molecular flexibility index (Phi) is 6.65. The minimum Gasteiger partial charge on any atom is -0.494 e. The van der Waals surface area contributed by atoms with E-state index in [1.165, 1.54) is 18.9 Å². The molecule has 34 heavy (non-hydrogen) atoms. The Morgan fingerprint density at radius 3 is 2.53 bits per heavy atom. The molecule has 1 unspecified atom stereocenters. The van der Waals surface area contributed by atoms with Gasteiger partial charge in [0.2, 0.25) is 16.7 Å². The summed E-state index contributed by atoms with van der Waals surface area (Å²) < 4.78 is 5.74. The molecule has 9 heteroatoms. The van der Waals surface area contributed by atoms with Gasteiger partial charge in [0, 0.05) is 19.4 Å². The predicted octanol–water partition coefficient (Wildman–Crippen LogP) is 3.88. The third-order valence-corrected chi connectivity index (χ3v) is 6.93. The largest absolute Gasteiger partial charge is 0.494 e. The summed E-state index contributed by atoms with van der Waals surface area (Å²) in [6.07, 6.45) is 2.06. The average molecular weight is 481 g/mol. The number of ether oxygens (including phenoxy) is 1. The maximum atomic E-state index is 14.0. The number of amidine groups is 1. The van der Waals surface area contributed by atoms with E-state index in [1.54, 1.807) is 4.90 Å². The highest BCUT2D eigenvalue weighted by molar-refractivity contribution is 8.15. The van der Waals surface area contributed by atoms with E-state index in [4.69, 9.17) is 4.74 Å². The Labute approximate surface area is 203 Å². The van der Waals surface area contributed by atoms with Crippen LogP contribution in [0.1, 0.15) is 50.3 Å². The second-order valence-corrected chi connectivity index (χ2v) is 9.60. The summed E-state index contributed by atoms with van der Waals surface area (Å²) in [5.41, 5.74) is 3.29. The smallest absolute Gasteiger partial charge is 0.271 e. The van der Waals surface area contributed by atoms with E-state index in [0.717, 1.165) is 47.2 Å². The van der Waals surface area contributed by atoms with Crippen LogP contribution in [0.5, 0.6) is 5.75 Å². The first-order valence-electron chi connectivity index (χ1n) is 11.3. The SMILES string of the molecule is CCCCOc1ccc(CN2C(=O)C3(SC(NC(C)=O)=NN3C(C)=O)c3cc(C)ccc32)cc1. The van der Waals surface area contributed by atoms with Gasteiger partial charge in [-0.3, -0.25) is 14.4 Å². The summed E-state index contributed by atoms with van der Waals surface area (Å²) in [4.78, 5) is 38.5. The number of hydrogen-bond donors (Lipinski definition) is 1. The number of carbonyl (C=O) groups excluding carboxylic acids is 3. The van der Waals surface area contributed by atoms with Crippen LogP contribution in [0.3, 0.4) is 0 Å². The molecule has 1 N–H and O–H groups in total. The Morgan fingerprint density at radius 1 is 1.15 bits per heavy atom. The molecule has 2 aliphatic heterocycles. The molecule has 0 radical (unpaired) electrons. The maximum absolute atomic E-state index is 14.0. The van der Waals surface area contributed by atoms with Crippen molar-refractivity contribution in [1.82, 2.24) is 10.3 Å². The minimum atomic E-state index is -1.39. The molecule has 0 fully saturated rings. The molecule has 0 saturated carbocycles. The normalized spacial score (nSPS) is 18.8. The van der Waals surface area contributed by atoms with Crippen LogP contribution in [0.2, 0.25) is 0 Å². The number of anilines is 1. The van der Waals surface area contributed by atoms with Crippen molar-refractivity contribution in [2.75, 3.05) is 11.5 Å². The molecule has 2 aromatic rings. The molecule has 4 rings (SSSR count). The van der Waals surface area contributed by atoms with Gasteiger partial charge in [-0.25, -0.2) is 0 Å². The fourth-order valence-electron chi connectivity index (χ4n) is 4.09. The predicted molar refractivity (Wildman–Crippen MR) is 132 cm³/mol. The summed E-state index contributed by atoms with van der Waals surface area (Å²) in [6, 6.07) is 13.4. The Morgan fingerprint density at radius 2 is 1.88 bits per heavy atom. The van der Waals surface area contributed by atoms with E-state index >= 15 is 0 Å². The molecule has 2 heterocycles. The number of thioether (sulfide) groups is 1. The summed E-state index contributed by atoms with van der Waals surface area (Å²) in [5.74, 6) is -0.190. The summed E-state index contributed by atoms with van der Waals surface area (Å²) in [7, 11) is 0. The van der Waals surface area contributed by atoms with Crippen molar-refractivity contribution in [2.45, 2.75) is 52.0 Å². The molecule has 2 aliphatic rings. The van der Waals surface area contributed by atoms with Gasteiger partial charge in [-0.15, -0.1) is 5.10 Å². The highest BCUT2D eigenvalue weighted by Crippen LogP contribution is 2.54. The second-order valence-electron chi connectivity index (χ2n) is 8.42. The highest BCUT2D eigenvalue weighted by atomic mass is 32.2. The van der Waals surface area contributed by atoms with Crippen molar-refractivity contribution in [3.63, 3.8) is 0 Å². The van der Waals surface area contributed by atoms with Gasteiger partial charge in [-0.05, 0) is 48.9 Å². The molecular weight excluding hydrogens is 452 g/mol. The van der Waals surface area contributed by atoms with Crippen LogP contribution in [-0.4, -0.2) is 34.5 Å². The van der Waals surface area contributed by atoms with Gasteiger partial charge in [0.15, 0.2) is 5.17 Å². The van der Waals surface area contributed by atoms with E-state index in [1.807, 2.05) is 49.4 Å². The molecule has 0 aromatic heterocycles. The number of carbonyl (C=O) groups is 3. The van der Waals surface area contributed by atoms with Gasteiger partial charge >= 0.3 is 0 Å². The average Bonchev–Trinajstić information content (AvgIpc) is 3.27. The Balaban J connectivity index is 1.67. The lowest BCUT2D eigenvalue weighted by atomic mass is 10.0. The molecule has 2 aromatic carbocycles. The first-order chi connectivity index (χ1) is 16.3. The lowest BCUT2D eigenvalue weighted by molar-refractivity contribution is -0.139. The van der Waals surface area contributed by atoms with Gasteiger partial charge < -0.3 is 15.0 Å². The van der Waals surface area contributed by atoms with E-state index in [0.29, 0.717) is 18.7 Å². The van der Waals surface area contributed by atoms with Crippen molar-refractivity contribution in [2.24, 2.45) is 5.10 Å². The number of benzene rings is 2. The number of rotatable bonds is 6. The van der Waals surface area contributed by atoms with Crippen molar-refractivity contribution < 1.29 is 19.1 Å². The van der Waals surface area contributed by atoms with Crippen LogP contribution in [0.4, 0.5) is 5.69 Å². The molecule has 8 nitrogen and oxygen atoms in total. The second kappa shape index (κ2) is 9.50. The van der Waals surface area contributed by atoms with E-state index in [-0.39, 0.29) is 22.9 Å². The van der Waals surface area contributed by atoms with Gasteiger partial charge in [0.05, 0.1) is 18.8 Å². The zero-order chi connectivity index (χ0) is 24.5. The zero-order valence-corrected chi connectivity index (χ0v) is 20.6. The van der Waals surface area contributed by atoms with Crippen molar-refractivity contribution in [1.29, 1.82) is 0 Å². The van der Waals surface area contributed by atoms with Crippen molar-refractivity contribution >= 4 is 40.3 Å².